The number of aliphatic hydroxyl groups excluding tert-OH is 1. The predicted octanol–water partition coefficient (Wildman–Crippen LogP) is 4.49. The van der Waals surface area contributed by atoms with Gasteiger partial charge in [-0.2, -0.15) is 13.2 Å². The van der Waals surface area contributed by atoms with Crippen molar-refractivity contribution in [1.82, 2.24) is 5.32 Å². The van der Waals surface area contributed by atoms with Gasteiger partial charge in [-0.1, -0.05) is 18.2 Å². The van der Waals surface area contributed by atoms with Gasteiger partial charge in [0.2, 0.25) is 0 Å². The third-order valence-electron chi connectivity index (χ3n) is 5.83. The molecule has 2 atom stereocenters. The Balaban J connectivity index is 1.59. The van der Waals surface area contributed by atoms with E-state index < -0.39 is 48.9 Å². The molecule has 0 bridgehead atoms. The average molecular weight is 456 g/mol. The summed E-state index contributed by atoms with van der Waals surface area (Å²) in [7, 11) is 0. The molecule has 2 aromatic carbocycles. The number of fused-ring (bicyclic) bond motifs is 2. The summed E-state index contributed by atoms with van der Waals surface area (Å²) in [6.07, 6.45) is -4.66. The first-order valence-corrected chi connectivity index (χ1v) is 10.0. The second-order valence-corrected chi connectivity index (χ2v) is 8.16. The number of halogens is 5. The smallest absolute Gasteiger partial charge is 0.416 e. The van der Waals surface area contributed by atoms with E-state index in [4.69, 9.17) is 4.74 Å². The minimum Gasteiger partial charge on any atom is -0.481 e. The molecule has 1 aliphatic carbocycles. The number of carbonyl (C=O) groups is 1. The predicted molar refractivity (Wildman–Crippen MR) is 106 cm³/mol. The summed E-state index contributed by atoms with van der Waals surface area (Å²) in [4.78, 5) is 12.7. The number of urea groups is 1. The number of rotatable bonds is 4. The SMILES string of the molecule is O=C(Nc1cccc2c1C[C@H](O)C2)N[C@@H]1CC(CF)(CF)Oc2cc(C(F)(F)F)ccc21. The Morgan fingerprint density at radius 1 is 1.16 bits per heavy atom. The number of hydrogen-bond donors (Lipinski definition) is 3. The number of alkyl halides is 5. The highest BCUT2D eigenvalue weighted by Crippen LogP contribution is 2.43. The van der Waals surface area contributed by atoms with Crippen molar-refractivity contribution >= 4 is 11.7 Å². The molecule has 0 spiro atoms. The van der Waals surface area contributed by atoms with Crippen molar-refractivity contribution in [2.75, 3.05) is 18.7 Å². The van der Waals surface area contributed by atoms with Gasteiger partial charge in [0.25, 0.3) is 0 Å². The summed E-state index contributed by atoms with van der Waals surface area (Å²) >= 11 is 0. The highest BCUT2D eigenvalue weighted by Gasteiger charge is 2.43. The highest BCUT2D eigenvalue weighted by molar-refractivity contribution is 5.91. The fourth-order valence-corrected chi connectivity index (χ4v) is 4.23. The van der Waals surface area contributed by atoms with E-state index in [1.807, 2.05) is 6.07 Å². The van der Waals surface area contributed by atoms with Crippen LogP contribution in [0, 0.1) is 0 Å². The molecule has 0 saturated carbocycles. The number of anilines is 1. The van der Waals surface area contributed by atoms with Crippen molar-refractivity contribution in [2.24, 2.45) is 0 Å². The lowest BCUT2D eigenvalue weighted by Gasteiger charge is -2.39. The standard InChI is InChI=1S/C22H21F5N2O3/c23-10-21(11-24)9-18(15-5-4-13(22(25,26)27)7-19(15)32-21)29-20(31)28-17-3-1-2-12-6-14(30)8-16(12)17/h1-5,7,14,18,30H,6,8-11H2,(H2,28,29,31)/t14-,18-/m1/s1. The number of aliphatic hydroxyl groups is 1. The molecular weight excluding hydrogens is 435 g/mol. The second kappa shape index (κ2) is 8.23. The Hall–Kier alpha value is -2.88. The molecular formula is C22H21F5N2O3. The minimum atomic E-state index is -4.66. The van der Waals surface area contributed by atoms with Crippen LogP contribution in [0.3, 0.4) is 0 Å². The molecule has 4 rings (SSSR count). The highest BCUT2D eigenvalue weighted by atomic mass is 19.4. The van der Waals surface area contributed by atoms with Gasteiger partial charge in [0.15, 0.2) is 5.60 Å². The summed E-state index contributed by atoms with van der Waals surface area (Å²) in [5.74, 6) is -0.324. The van der Waals surface area contributed by atoms with Crippen molar-refractivity contribution in [3.8, 4) is 5.75 Å². The average Bonchev–Trinajstić information content (AvgIpc) is 3.13. The second-order valence-electron chi connectivity index (χ2n) is 8.16. The molecule has 32 heavy (non-hydrogen) atoms. The van der Waals surface area contributed by atoms with E-state index >= 15 is 0 Å². The van der Waals surface area contributed by atoms with Gasteiger partial charge in [0.05, 0.1) is 17.7 Å². The zero-order valence-electron chi connectivity index (χ0n) is 16.8. The van der Waals surface area contributed by atoms with Gasteiger partial charge in [-0.3, -0.25) is 0 Å². The van der Waals surface area contributed by atoms with Crippen LogP contribution in [-0.4, -0.2) is 36.2 Å². The molecule has 3 N–H and O–H groups in total. The van der Waals surface area contributed by atoms with Gasteiger partial charge in [-0.05, 0) is 35.7 Å². The fourth-order valence-electron chi connectivity index (χ4n) is 4.23. The first-order chi connectivity index (χ1) is 15.1. The van der Waals surface area contributed by atoms with Gasteiger partial charge >= 0.3 is 12.2 Å². The molecule has 0 fully saturated rings. The van der Waals surface area contributed by atoms with Crippen molar-refractivity contribution in [3.05, 3.63) is 58.7 Å². The van der Waals surface area contributed by atoms with Crippen LogP contribution in [0.4, 0.5) is 32.4 Å². The lowest BCUT2D eigenvalue weighted by atomic mass is 9.88. The van der Waals surface area contributed by atoms with E-state index in [-0.39, 0.29) is 17.7 Å². The first-order valence-electron chi connectivity index (χ1n) is 10.0. The van der Waals surface area contributed by atoms with E-state index in [1.54, 1.807) is 12.1 Å². The number of carbonyl (C=O) groups excluding carboxylic acids is 1. The van der Waals surface area contributed by atoms with E-state index in [2.05, 4.69) is 10.6 Å². The number of ether oxygens (including phenoxy) is 1. The minimum absolute atomic E-state index is 0.194. The third kappa shape index (κ3) is 4.23. The van der Waals surface area contributed by atoms with Gasteiger partial charge in [0, 0.05) is 24.1 Å². The molecule has 1 aliphatic heterocycles. The monoisotopic (exact) mass is 456 g/mol. The summed E-state index contributed by atoms with van der Waals surface area (Å²) in [6, 6.07) is 6.23. The molecule has 5 nitrogen and oxygen atoms in total. The maximum absolute atomic E-state index is 13.7. The molecule has 0 unspecified atom stereocenters. The van der Waals surface area contributed by atoms with Crippen molar-refractivity contribution in [1.29, 1.82) is 0 Å². The number of amides is 2. The van der Waals surface area contributed by atoms with Crippen LogP contribution < -0.4 is 15.4 Å². The Morgan fingerprint density at radius 3 is 2.59 bits per heavy atom. The van der Waals surface area contributed by atoms with E-state index in [0.29, 0.717) is 24.6 Å². The Morgan fingerprint density at radius 2 is 1.91 bits per heavy atom. The largest absolute Gasteiger partial charge is 0.481 e. The van der Waals surface area contributed by atoms with Crippen LogP contribution in [0.15, 0.2) is 36.4 Å². The molecule has 10 heteroatoms. The molecule has 172 valence electrons. The number of nitrogens with one attached hydrogen (secondary N) is 2. The van der Waals surface area contributed by atoms with Crippen LogP contribution in [0.25, 0.3) is 0 Å². The van der Waals surface area contributed by atoms with Gasteiger partial charge in [-0.25, -0.2) is 13.6 Å². The third-order valence-corrected chi connectivity index (χ3v) is 5.83. The van der Waals surface area contributed by atoms with Crippen LogP contribution in [-0.2, 0) is 19.0 Å². The summed E-state index contributed by atoms with van der Waals surface area (Å²) in [5.41, 5.74) is -0.642. The Bertz CT molecular complexity index is 1020. The topological polar surface area (TPSA) is 70.6 Å². The maximum Gasteiger partial charge on any atom is 0.416 e. The molecule has 1 heterocycles. The summed E-state index contributed by atoms with van der Waals surface area (Å²) in [5, 5.41) is 15.1. The number of hydrogen-bond acceptors (Lipinski definition) is 3. The van der Waals surface area contributed by atoms with Gasteiger partial charge in [0.1, 0.15) is 19.1 Å². The maximum atomic E-state index is 13.7. The molecule has 2 aromatic rings. The lowest BCUT2D eigenvalue weighted by molar-refractivity contribution is -0.137. The summed E-state index contributed by atoms with van der Waals surface area (Å²) in [6.45, 7) is -2.55. The van der Waals surface area contributed by atoms with Crippen LogP contribution in [0.2, 0.25) is 0 Å². The molecule has 0 radical (unpaired) electrons. The quantitative estimate of drug-likeness (QED) is 0.594. The molecule has 2 aliphatic rings. The fraction of sp³-hybridized carbons (Fsp3) is 0.409. The molecule has 0 aromatic heterocycles. The van der Waals surface area contributed by atoms with Crippen LogP contribution in [0.5, 0.6) is 5.75 Å². The lowest BCUT2D eigenvalue weighted by Crippen LogP contribution is -2.49. The van der Waals surface area contributed by atoms with Gasteiger partial charge in [-0.15, -0.1) is 0 Å². The normalized spacial score (nSPS) is 21.3. The summed E-state index contributed by atoms with van der Waals surface area (Å²) < 4.78 is 71.9. The Kier molecular flexibility index (Phi) is 5.74. The zero-order valence-corrected chi connectivity index (χ0v) is 16.8. The van der Waals surface area contributed by atoms with Crippen molar-refractivity contribution in [3.63, 3.8) is 0 Å². The van der Waals surface area contributed by atoms with E-state index in [0.717, 1.165) is 23.3 Å². The molecule has 0 saturated heterocycles. The van der Waals surface area contributed by atoms with Crippen molar-refractivity contribution < 1.29 is 36.6 Å². The molecule has 2 amide bonds. The van der Waals surface area contributed by atoms with Crippen LogP contribution >= 0.6 is 0 Å². The van der Waals surface area contributed by atoms with E-state index in [1.165, 1.54) is 0 Å². The number of benzene rings is 2. The van der Waals surface area contributed by atoms with E-state index in [9.17, 15) is 31.9 Å². The van der Waals surface area contributed by atoms with Crippen LogP contribution in [0.1, 0.15) is 34.7 Å². The Labute approximate surface area is 180 Å². The van der Waals surface area contributed by atoms with Gasteiger partial charge < -0.3 is 20.5 Å². The zero-order chi connectivity index (χ0) is 23.1. The van der Waals surface area contributed by atoms with Crippen molar-refractivity contribution in [2.45, 2.75) is 43.2 Å². The first kappa shape index (κ1) is 22.3.